The molecule has 0 fully saturated rings. The molecule has 0 aliphatic carbocycles. The summed E-state index contributed by atoms with van der Waals surface area (Å²) in [4.78, 5) is 43.0. The third-order valence-electron chi connectivity index (χ3n) is 8.96. The fourth-order valence-electron chi connectivity index (χ4n) is 5.86. The van der Waals surface area contributed by atoms with Gasteiger partial charge in [0.2, 0.25) is 11.8 Å². The maximum atomic E-state index is 13.7. The van der Waals surface area contributed by atoms with Crippen LogP contribution in [0.2, 0.25) is 0 Å². The Kier molecular flexibility index (Phi) is 18.2. The highest BCUT2D eigenvalue weighted by Gasteiger charge is 2.26. The van der Waals surface area contributed by atoms with Gasteiger partial charge in [-0.15, -0.1) is 0 Å². The SMILES string of the molecule is Cc1ccnc(NCCCC(=O)N[C@@H](COCCOCCOCCOCCC(C)(C)C)C(=O)N[C@H](CC(=O)O)c2ccc(-c3cccc4ccccc34)cc2)c1. The first kappa shape index (κ1) is 43.8. The fourth-order valence-corrected chi connectivity index (χ4v) is 5.86. The number of carbonyl (C=O) groups excluding carboxylic acids is 2. The second kappa shape index (κ2) is 23.2. The summed E-state index contributed by atoms with van der Waals surface area (Å²) >= 11 is 0. The van der Waals surface area contributed by atoms with Crippen molar-refractivity contribution in [3.8, 4) is 11.1 Å². The van der Waals surface area contributed by atoms with E-state index in [2.05, 4.69) is 59.9 Å². The van der Waals surface area contributed by atoms with Crippen molar-refractivity contribution in [3.63, 3.8) is 0 Å². The van der Waals surface area contributed by atoms with Gasteiger partial charge in [0.15, 0.2) is 0 Å². The highest BCUT2D eigenvalue weighted by atomic mass is 16.6. The Labute approximate surface area is 330 Å². The molecule has 12 nitrogen and oxygen atoms in total. The number of hydrogen-bond acceptors (Lipinski definition) is 9. The lowest BCUT2D eigenvalue weighted by atomic mass is 9.93. The molecular formula is C44H58N4O8. The van der Waals surface area contributed by atoms with E-state index in [1.165, 1.54) is 0 Å². The van der Waals surface area contributed by atoms with E-state index in [-0.39, 0.29) is 44.0 Å². The fraction of sp³-hybridized carbons (Fsp3) is 0.455. The van der Waals surface area contributed by atoms with Gasteiger partial charge in [0.1, 0.15) is 11.9 Å². The van der Waals surface area contributed by atoms with E-state index in [0.717, 1.165) is 39.7 Å². The number of carboxylic acid groups (broad SMARTS) is 1. The predicted molar refractivity (Wildman–Crippen MR) is 218 cm³/mol. The molecule has 1 aromatic heterocycles. The van der Waals surface area contributed by atoms with Gasteiger partial charge >= 0.3 is 5.97 Å². The molecule has 0 aliphatic heterocycles. The first-order chi connectivity index (χ1) is 27.0. The molecule has 0 radical (unpaired) electrons. The largest absolute Gasteiger partial charge is 0.481 e. The molecule has 4 N–H and O–H groups in total. The average molecular weight is 771 g/mol. The van der Waals surface area contributed by atoms with Crippen molar-refractivity contribution in [2.45, 2.75) is 65.5 Å². The van der Waals surface area contributed by atoms with Crippen LogP contribution in [0.5, 0.6) is 0 Å². The first-order valence-electron chi connectivity index (χ1n) is 19.4. The Balaban J connectivity index is 1.31. The van der Waals surface area contributed by atoms with Crippen molar-refractivity contribution in [2.24, 2.45) is 5.41 Å². The Morgan fingerprint density at radius 1 is 0.786 bits per heavy atom. The Morgan fingerprint density at radius 2 is 1.45 bits per heavy atom. The Bertz CT molecular complexity index is 1810. The zero-order valence-corrected chi connectivity index (χ0v) is 33.2. The maximum absolute atomic E-state index is 13.7. The summed E-state index contributed by atoms with van der Waals surface area (Å²) in [5, 5.41) is 20.9. The number of pyridine rings is 1. The summed E-state index contributed by atoms with van der Waals surface area (Å²) in [5.74, 6) is -1.24. The van der Waals surface area contributed by atoms with Crippen LogP contribution >= 0.6 is 0 Å². The van der Waals surface area contributed by atoms with Gasteiger partial charge in [-0.3, -0.25) is 14.4 Å². The Hall–Kier alpha value is -4.88. The van der Waals surface area contributed by atoms with Gasteiger partial charge in [0.25, 0.3) is 0 Å². The monoisotopic (exact) mass is 770 g/mol. The summed E-state index contributed by atoms with van der Waals surface area (Å²) in [6.45, 7) is 11.8. The van der Waals surface area contributed by atoms with Gasteiger partial charge in [-0.2, -0.15) is 0 Å². The van der Waals surface area contributed by atoms with Crippen LogP contribution in [0.4, 0.5) is 5.82 Å². The van der Waals surface area contributed by atoms with Crippen LogP contribution in [0, 0.1) is 12.3 Å². The van der Waals surface area contributed by atoms with Gasteiger partial charge in [0.05, 0.1) is 58.7 Å². The van der Waals surface area contributed by atoms with Crippen molar-refractivity contribution in [3.05, 3.63) is 96.2 Å². The number of nitrogens with zero attached hydrogens (tertiary/aromatic N) is 1. The maximum Gasteiger partial charge on any atom is 0.305 e. The van der Waals surface area contributed by atoms with Crippen molar-refractivity contribution in [1.82, 2.24) is 15.6 Å². The summed E-state index contributed by atoms with van der Waals surface area (Å²) in [5.41, 5.74) is 3.94. The number of carbonyl (C=O) groups is 3. The number of hydrogen-bond donors (Lipinski definition) is 4. The van der Waals surface area contributed by atoms with E-state index in [4.69, 9.17) is 18.9 Å². The number of ether oxygens (including phenoxy) is 4. The van der Waals surface area contributed by atoms with Crippen LogP contribution in [-0.2, 0) is 33.3 Å². The lowest BCUT2D eigenvalue weighted by molar-refractivity contribution is -0.138. The summed E-state index contributed by atoms with van der Waals surface area (Å²) in [7, 11) is 0. The molecule has 0 unspecified atom stereocenters. The minimum atomic E-state index is -1.07. The van der Waals surface area contributed by atoms with E-state index in [1.54, 1.807) is 6.20 Å². The third kappa shape index (κ3) is 16.1. The molecule has 0 spiro atoms. The highest BCUT2D eigenvalue weighted by Crippen LogP contribution is 2.30. The molecule has 4 rings (SSSR count). The normalized spacial score (nSPS) is 12.6. The lowest BCUT2D eigenvalue weighted by Gasteiger charge is -2.23. The van der Waals surface area contributed by atoms with Crippen molar-refractivity contribution >= 4 is 34.4 Å². The molecule has 56 heavy (non-hydrogen) atoms. The number of nitrogens with one attached hydrogen (secondary N) is 3. The van der Waals surface area contributed by atoms with E-state index in [0.29, 0.717) is 51.6 Å². The van der Waals surface area contributed by atoms with Gasteiger partial charge in [-0.05, 0) is 70.3 Å². The number of aliphatic carboxylic acids is 1. The van der Waals surface area contributed by atoms with Crippen LogP contribution in [0.15, 0.2) is 85.1 Å². The molecule has 0 saturated heterocycles. The molecular weight excluding hydrogens is 713 g/mol. The van der Waals surface area contributed by atoms with Crippen molar-refractivity contribution < 1.29 is 38.4 Å². The van der Waals surface area contributed by atoms with Gasteiger partial charge in [-0.25, -0.2) is 4.98 Å². The number of aryl methyl sites for hydroxylation is 1. The Morgan fingerprint density at radius 3 is 2.12 bits per heavy atom. The zero-order valence-electron chi connectivity index (χ0n) is 33.2. The molecule has 12 heteroatoms. The molecule has 4 aromatic rings. The summed E-state index contributed by atoms with van der Waals surface area (Å²) in [6, 6.07) is 23.6. The first-order valence-corrected chi connectivity index (χ1v) is 19.4. The third-order valence-corrected chi connectivity index (χ3v) is 8.96. The topological polar surface area (TPSA) is 157 Å². The van der Waals surface area contributed by atoms with E-state index in [1.807, 2.05) is 67.6 Å². The lowest BCUT2D eigenvalue weighted by Crippen LogP contribution is -2.50. The summed E-state index contributed by atoms with van der Waals surface area (Å²) in [6.07, 6.45) is 3.01. The molecule has 2 amide bonds. The minimum Gasteiger partial charge on any atom is -0.481 e. The smallest absolute Gasteiger partial charge is 0.305 e. The highest BCUT2D eigenvalue weighted by molar-refractivity contribution is 5.96. The number of benzene rings is 3. The molecule has 0 aliphatic rings. The standard InChI is InChI=1S/C44H58N4O8/c1-32-18-21-46-40(29-32)45-20-8-13-41(49)47-39(31-56-28-27-55-26-25-54-24-23-53-22-19-44(2,3)4)43(52)48-38(30-42(50)51)35-16-14-34(15-17-35)37-12-7-10-33-9-5-6-11-36(33)37/h5-7,9-12,14-18,21,29,38-39H,8,13,19-20,22-28,30-31H2,1-4H3,(H,45,46)(H,47,49)(H,48,52)(H,50,51)/t38-,39+/m1/s1. The van der Waals surface area contributed by atoms with Crippen molar-refractivity contribution in [2.75, 3.05) is 64.7 Å². The van der Waals surface area contributed by atoms with Crippen LogP contribution in [0.1, 0.15) is 63.6 Å². The second-order valence-corrected chi connectivity index (χ2v) is 14.9. The molecule has 302 valence electrons. The van der Waals surface area contributed by atoms with Crippen LogP contribution < -0.4 is 16.0 Å². The molecule has 2 atom stereocenters. The average Bonchev–Trinajstić information content (AvgIpc) is 3.17. The van der Waals surface area contributed by atoms with Crippen LogP contribution in [0.3, 0.4) is 0 Å². The molecule has 0 bridgehead atoms. The van der Waals surface area contributed by atoms with Crippen LogP contribution in [0.25, 0.3) is 21.9 Å². The second-order valence-electron chi connectivity index (χ2n) is 14.9. The molecule has 3 aromatic carbocycles. The number of rotatable bonds is 25. The van der Waals surface area contributed by atoms with E-state index >= 15 is 0 Å². The van der Waals surface area contributed by atoms with Crippen molar-refractivity contribution in [1.29, 1.82) is 0 Å². The number of anilines is 1. The van der Waals surface area contributed by atoms with E-state index in [9.17, 15) is 19.5 Å². The molecule has 1 heterocycles. The minimum absolute atomic E-state index is 0.130. The number of aromatic nitrogens is 1. The van der Waals surface area contributed by atoms with E-state index < -0.39 is 24.0 Å². The van der Waals surface area contributed by atoms with Gasteiger partial charge in [-0.1, -0.05) is 87.5 Å². The quantitative estimate of drug-likeness (QED) is 0.0534. The van der Waals surface area contributed by atoms with Gasteiger partial charge in [0, 0.05) is 25.8 Å². The predicted octanol–water partition coefficient (Wildman–Crippen LogP) is 6.72. The molecule has 0 saturated carbocycles. The van der Waals surface area contributed by atoms with Crippen LogP contribution in [-0.4, -0.2) is 93.3 Å². The number of amides is 2. The van der Waals surface area contributed by atoms with Gasteiger partial charge < -0.3 is 40.0 Å². The summed E-state index contributed by atoms with van der Waals surface area (Å²) < 4.78 is 22.6. The number of carboxylic acids is 1. The number of fused-ring (bicyclic) bond motifs is 1. The zero-order chi connectivity index (χ0) is 40.2.